The second-order valence-electron chi connectivity index (χ2n) is 25.9. The van der Waals surface area contributed by atoms with Gasteiger partial charge in [-0.15, -0.1) is 0 Å². The summed E-state index contributed by atoms with van der Waals surface area (Å²) in [5.41, 5.74) is 22.6. The number of nitrogens with zero attached hydrogens (tertiary/aromatic N) is 8. The quantitative estimate of drug-likeness (QED) is 0.0992. The predicted octanol–water partition coefficient (Wildman–Crippen LogP) is 21.2. The smallest absolute Gasteiger partial charge is 0.264 e. The summed E-state index contributed by atoms with van der Waals surface area (Å²) in [6.07, 6.45) is 8.24. The fourth-order valence-corrected chi connectivity index (χ4v) is 13.4. The second kappa shape index (κ2) is 26.2. The predicted molar refractivity (Wildman–Crippen MR) is 387 cm³/mol. The van der Waals surface area contributed by atoms with E-state index in [0.717, 1.165) is 110 Å². The molecule has 8 aromatic carbocycles. The number of aryl methyl sites for hydroxylation is 13. The van der Waals surface area contributed by atoms with E-state index < -0.39 is 23.3 Å². The molecular weight excluding hydrogens is 1270 g/mol. The van der Waals surface area contributed by atoms with Crippen LogP contribution in [0.2, 0.25) is 0 Å². The monoisotopic (exact) mass is 1340 g/mol. The standard InChI is InChI=1S/C22H18FN2O.3C21H16FN2O/c1-12-9-19(25(5)11-14(12)3)16-10-20-17(8-13(16)2)15-6-7-18(23)21(24-4)22(15)26-20;1-12-5-8-18(24(4)11-12)15-10-19-16(9-13(15)2)14-6-7-17(22)20(23-3)21(14)25-19;1-12-7-8-24(4)18(9-12)15-11-19-16(10-13(15)2)14-5-6-17(22)20(23-3)21(14)25-19;1-12-6-7-24(3)19(8-12)15-10-16-14-4-5-18(22)17(11-23)21(14)25-20(16)9-13(15)2/h6-11H,1-3,5H3;2*5-11H,1-2,4H3;4-10H,1-3H3/q4*+1. The number of fused-ring (bicyclic) bond motifs is 12. The van der Waals surface area contributed by atoms with Gasteiger partial charge < -0.3 is 17.7 Å². The third-order valence-corrected chi connectivity index (χ3v) is 18.9. The summed E-state index contributed by atoms with van der Waals surface area (Å²) in [4.78, 5) is 9.91. The van der Waals surface area contributed by atoms with Crippen LogP contribution >= 0.6 is 0 Å². The number of aromatic nitrogens is 4. The molecule has 0 saturated heterocycles. The van der Waals surface area contributed by atoms with Gasteiger partial charge in [0.05, 0.1) is 36.4 Å². The molecule has 0 aliphatic carbocycles. The molecule has 0 bridgehead atoms. The Labute approximate surface area is 579 Å². The normalized spacial score (nSPS) is 11.2. The van der Waals surface area contributed by atoms with Crippen molar-refractivity contribution >= 4 is 105 Å². The van der Waals surface area contributed by atoms with Gasteiger partial charge >= 0.3 is 0 Å². The molecule has 12 nitrogen and oxygen atoms in total. The minimum Gasteiger partial charge on any atom is -0.467 e. The van der Waals surface area contributed by atoms with Gasteiger partial charge in [-0.3, -0.25) is 0 Å². The van der Waals surface area contributed by atoms with Gasteiger partial charge in [-0.25, -0.2) is 50.4 Å². The summed E-state index contributed by atoms with van der Waals surface area (Å²) in [6.45, 7) is 40.3. The van der Waals surface area contributed by atoms with Crippen molar-refractivity contribution in [1.29, 1.82) is 5.26 Å². The zero-order valence-corrected chi connectivity index (χ0v) is 57.8. The lowest BCUT2D eigenvalue weighted by atomic mass is 9.99. The van der Waals surface area contributed by atoms with E-state index in [1.165, 1.54) is 52.1 Å². The number of hydrogen-bond donors (Lipinski definition) is 0. The average Bonchev–Trinajstić information content (AvgIpc) is 1.64. The maximum absolute atomic E-state index is 13.9. The second-order valence-corrected chi connectivity index (χ2v) is 25.9. The van der Waals surface area contributed by atoms with Gasteiger partial charge in [0.15, 0.2) is 30.4 Å². The van der Waals surface area contributed by atoms with Crippen LogP contribution in [0.1, 0.15) is 55.6 Å². The van der Waals surface area contributed by atoms with Crippen molar-refractivity contribution < 1.29 is 53.5 Å². The van der Waals surface area contributed by atoms with Crippen LogP contribution in [0.3, 0.4) is 0 Å². The van der Waals surface area contributed by atoms with Gasteiger partial charge in [-0.2, -0.15) is 5.26 Å². The Morgan fingerprint density at radius 3 is 1.11 bits per heavy atom. The molecule has 8 heterocycles. The Morgan fingerprint density at radius 2 is 0.683 bits per heavy atom. The molecule has 0 aliphatic heterocycles. The Kier molecular flexibility index (Phi) is 17.4. The molecule has 101 heavy (non-hydrogen) atoms. The number of benzene rings is 8. The third kappa shape index (κ3) is 12.0. The van der Waals surface area contributed by atoms with Crippen LogP contribution in [0.25, 0.3) is 147 Å². The first-order valence-corrected chi connectivity index (χ1v) is 32.4. The molecule has 0 unspecified atom stereocenters. The highest BCUT2D eigenvalue weighted by molar-refractivity contribution is 6.13. The first-order valence-electron chi connectivity index (χ1n) is 32.4. The number of furan rings is 4. The highest BCUT2D eigenvalue weighted by Crippen LogP contribution is 2.43. The van der Waals surface area contributed by atoms with Crippen LogP contribution in [0.15, 0.2) is 182 Å². The van der Waals surface area contributed by atoms with E-state index in [0.29, 0.717) is 44.7 Å². The van der Waals surface area contributed by atoms with Crippen LogP contribution in [0, 0.1) is 117 Å². The Morgan fingerprint density at radius 1 is 0.327 bits per heavy atom. The van der Waals surface area contributed by atoms with Gasteiger partial charge in [0, 0.05) is 96.2 Å². The highest BCUT2D eigenvalue weighted by atomic mass is 19.1. The molecule has 0 atom stereocenters. The Bertz CT molecular complexity index is 6360. The number of hydrogen-bond acceptors (Lipinski definition) is 5. The molecule has 16 rings (SSSR count). The van der Waals surface area contributed by atoms with Gasteiger partial charge in [0.25, 0.3) is 17.1 Å². The Hall–Kier alpha value is -12.8. The lowest BCUT2D eigenvalue weighted by molar-refractivity contribution is -0.660. The number of halogens is 4. The SMILES string of the molecule is Cc1cc[n+](C)c(-c2cc3c(cc2C)oc2c(C#N)c(F)ccc23)c1.[C-]#[N+]c1c(F)ccc2c1oc1cc(-c3cc(C)c(C)c[n+]3C)c(C)cc12.[C-]#[N+]c1c(F)ccc2c1oc1cc(-c3cc(C)cc[n+]3C)c(C)cc12.[C-]#[N+]c1c(F)ccc2c1oc1cc(-c3ccc(C)c[n+]3C)c(C)cc12. The lowest BCUT2D eigenvalue weighted by Gasteiger charge is -2.07. The van der Waals surface area contributed by atoms with Crippen LogP contribution in [-0.2, 0) is 28.2 Å². The fraction of sp³-hybridized carbons (Fsp3) is 0.153. The van der Waals surface area contributed by atoms with Crippen molar-refractivity contribution in [3.05, 3.63) is 277 Å². The molecule has 0 spiro atoms. The molecule has 16 aromatic rings. The summed E-state index contributed by atoms with van der Waals surface area (Å²) in [6, 6.07) is 44.7. The van der Waals surface area contributed by atoms with Crippen molar-refractivity contribution in [3.63, 3.8) is 0 Å². The first kappa shape index (κ1) is 66.8. The lowest BCUT2D eigenvalue weighted by Crippen LogP contribution is -2.31. The van der Waals surface area contributed by atoms with Crippen molar-refractivity contribution in [2.75, 3.05) is 0 Å². The minimum atomic E-state index is -0.559. The molecule has 16 heteroatoms. The minimum absolute atomic E-state index is 0.0472. The number of pyridine rings is 4. The molecular formula is C85H66F4N8O4+4. The Balaban J connectivity index is 0.000000120. The maximum Gasteiger partial charge on any atom is 0.264 e. The topological polar surface area (TPSA) is 105 Å². The van der Waals surface area contributed by atoms with Crippen molar-refractivity contribution in [2.45, 2.75) is 62.3 Å². The summed E-state index contributed by atoms with van der Waals surface area (Å²) in [5, 5.41) is 15.9. The third-order valence-electron chi connectivity index (χ3n) is 18.9. The molecule has 0 amide bonds. The van der Waals surface area contributed by atoms with Crippen LogP contribution in [0.4, 0.5) is 34.6 Å². The van der Waals surface area contributed by atoms with Crippen molar-refractivity contribution in [2.24, 2.45) is 28.2 Å². The summed E-state index contributed by atoms with van der Waals surface area (Å²) >= 11 is 0. The summed E-state index contributed by atoms with van der Waals surface area (Å²) < 4.78 is 87.4. The molecule has 0 aliphatic rings. The highest BCUT2D eigenvalue weighted by Gasteiger charge is 2.25. The van der Waals surface area contributed by atoms with E-state index in [1.54, 1.807) is 24.3 Å². The largest absolute Gasteiger partial charge is 0.467 e. The first-order chi connectivity index (χ1) is 48.4. The van der Waals surface area contributed by atoms with E-state index in [4.69, 9.17) is 37.4 Å². The molecule has 0 fully saturated rings. The van der Waals surface area contributed by atoms with Gasteiger partial charge in [-0.05, 0) is 186 Å². The van der Waals surface area contributed by atoms with Gasteiger partial charge in [-0.1, -0.05) is 18.2 Å². The maximum atomic E-state index is 13.9. The van der Waals surface area contributed by atoms with Crippen molar-refractivity contribution in [3.8, 4) is 51.1 Å². The zero-order valence-electron chi connectivity index (χ0n) is 57.8. The number of nitriles is 1. The van der Waals surface area contributed by atoms with Crippen LogP contribution < -0.4 is 18.3 Å². The molecule has 0 N–H and O–H groups in total. The van der Waals surface area contributed by atoms with Gasteiger partial charge in [0.2, 0.25) is 22.8 Å². The summed E-state index contributed by atoms with van der Waals surface area (Å²) in [5.74, 6) is -2.22. The van der Waals surface area contributed by atoms with E-state index in [-0.39, 0.29) is 22.6 Å². The summed E-state index contributed by atoms with van der Waals surface area (Å²) in [7, 11) is 8.05. The zero-order chi connectivity index (χ0) is 71.7. The fourth-order valence-electron chi connectivity index (χ4n) is 13.4. The average molecular weight is 1340 g/mol. The van der Waals surface area contributed by atoms with Crippen LogP contribution in [-0.4, -0.2) is 0 Å². The molecule has 494 valence electrons. The van der Waals surface area contributed by atoms with E-state index >= 15 is 0 Å². The molecule has 0 radical (unpaired) electrons. The van der Waals surface area contributed by atoms with E-state index in [9.17, 15) is 22.8 Å². The molecule has 0 saturated carbocycles. The number of rotatable bonds is 4. The van der Waals surface area contributed by atoms with Crippen LogP contribution in [0.5, 0.6) is 0 Å². The van der Waals surface area contributed by atoms with E-state index in [1.807, 2.05) is 96.9 Å². The molecule has 8 aromatic heterocycles. The van der Waals surface area contributed by atoms with Gasteiger partial charge in [0.1, 0.15) is 102 Å². The van der Waals surface area contributed by atoms with Crippen molar-refractivity contribution in [1.82, 2.24) is 0 Å². The van der Waals surface area contributed by atoms with E-state index in [2.05, 4.69) is 148 Å².